The third-order valence-corrected chi connectivity index (χ3v) is 9.58. The molecule has 2 aromatic heterocycles. The van der Waals surface area contributed by atoms with E-state index in [4.69, 9.17) is 37.4 Å². The first-order chi connectivity index (χ1) is 24.3. The van der Waals surface area contributed by atoms with E-state index in [1.54, 1.807) is 23.1 Å². The van der Waals surface area contributed by atoms with Crippen molar-refractivity contribution < 1.29 is 19.3 Å². The zero-order valence-electron chi connectivity index (χ0n) is 27.5. The summed E-state index contributed by atoms with van der Waals surface area (Å²) in [6.45, 7) is 6.36. The normalized spacial score (nSPS) is 20.0. The maximum Gasteiger partial charge on any atom is 0.350 e. The van der Waals surface area contributed by atoms with Crippen LogP contribution in [0.15, 0.2) is 90.5 Å². The number of aliphatic hydroxyl groups is 1. The molecule has 262 valence electrons. The Kier molecular flexibility index (Phi) is 10.1. The highest BCUT2D eigenvalue weighted by atomic mass is 35.5. The number of nitrogens with zero attached hydrogens (tertiary/aromatic N) is 8. The first-order valence-corrected chi connectivity index (χ1v) is 17.3. The van der Waals surface area contributed by atoms with Gasteiger partial charge in [0, 0.05) is 48.1 Å². The van der Waals surface area contributed by atoms with Crippen molar-refractivity contribution in [3.05, 3.63) is 112 Å². The molecule has 15 heteroatoms. The van der Waals surface area contributed by atoms with Gasteiger partial charge in [0.05, 0.1) is 30.0 Å². The molecule has 0 radical (unpaired) electrons. The van der Waals surface area contributed by atoms with Crippen LogP contribution in [-0.2, 0) is 28.4 Å². The Bertz CT molecular complexity index is 1930. The predicted octanol–water partition coefficient (Wildman–Crippen LogP) is 4.38. The minimum atomic E-state index is -1.17. The van der Waals surface area contributed by atoms with Gasteiger partial charge in [0.1, 0.15) is 44.0 Å². The van der Waals surface area contributed by atoms with Crippen LogP contribution < -0.4 is 20.2 Å². The molecule has 0 saturated carbocycles. The lowest BCUT2D eigenvalue weighted by Crippen LogP contribution is -2.46. The van der Waals surface area contributed by atoms with Crippen molar-refractivity contribution >= 4 is 34.6 Å². The number of aromatic nitrogens is 6. The number of hydrogen-bond donors (Lipinski definition) is 1. The minimum absolute atomic E-state index is 0.181. The summed E-state index contributed by atoms with van der Waals surface area (Å²) in [6, 6.07) is 21.2. The van der Waals surface area contributed by atoms with Crippen LogP contribution in [-0.4, -0.2) is 85.8 Å². The Morgan fingerprint density at radius 2 is 1.62 bits per heavy atom. The molecule has 3 aromatic carbocycles. The monoisotopic (exact) mass is 720 g/mol. The number of rotatable bonds is 12. The highest BCUT2D eigenvalue weighted by Crippen LogP contribution is 2.40. The molecule has 2 fully saturated rings. The standard InChI is InChI=1S/C35H38Cl2N8O5/c1-2-29(46)18-45-34(47)44(24-40-45)28-6-4-26(5-7-28)41-13-15-42(16-14-41)27-8-10-30(11-9-27)48-19-31-20-49-35(50-31,21-43-23-38-22-39-43)32-12-3-25(36)17-33(32)37/h3-12,17,22-24,29,31,46H,2,13-16,18-21H2,1H3. The van der Waals surface area contributed by atoms with Crippen molar-refractivity contribution in [1.82, 2.24) is 29.1 Å². The minimum Gasteiger partial charge on any atom is -0.491 e. The summed E-state index contributed by atoms with van der Waals surface area (Å²) in [4.78, 5) is 21.5. The molecule has 5 aromatic rings. The second kappa shape index (κ2) is 14.8. The van der Waals surface area contributed by atoms with Gasteiger partial charge < -0.3 is 29.1 Å². The highest BCUT2D eigenvalue weighted by Gasteiger charge is 2.45. The molecule has 0 spiro atoms. The van der Waals surface area contributed by atoms with Crippen LogP contribution in [0.2, 0.25) is 10.0 Å². The van der Waals surface area contributed by atoms with Crippen LogP contribution in [0.4, 0.5) is 11.4 Å². The molecule has 0 bridgehead atoms. The van der Waals surface area contributed by atoms with E-state index in [1.807, 2.05) is 49.4 Å². The van der Waals surface area contributed by atoms with Crippen LogP contribution in [0.3, 0.4) is 0 Å². The molecule has 0 amide bonds. The zero-order valence-corrected chi connectivity index (χ0v) is 29.0. The van der Waals surface area contributed by atoms with Crippen LogP contribution in [0, 0.1) is 0 Å². The average Bonchev–Trinajstić information content (AvgIpc) is 3.89. The molecule has 2 aliphatic heterocycles. The fraction of sp³-hybridized carbons (Fsp3) is 0.371. The fourth-order valence-corrected chi connectivity index (χ4v) is 6.79. The van der Waals surface area contributed by atoms with Gasteiger partial charge >= 0.3 is 5.69 Å². The highest BCUT2D eigenvalue weighted by molar-refractivity contribution is 6.35. The number of halogens is 2. The van der Waals surface area contributed by atoms with Crippen LogP contribution in [0.25, 0.3) is 5.69 Å². The van der Waals surface area contributed by atoms with E-state index in [1.165, 1.54) is 21.9 Å². The predicted molar refractivity (Wildman–Crippen MR) is 189 cm³/mol. The van der Waals surface area contributed by atoms with E-state index in [9.17, 15) is 9.90 Å². The Balaban J connectivity index is 0.918. The second-order valence-electron chi connectivity index (χ2n) is 12.3. The summed E-state index contributed by atoms with van der Waals surface area (Å²) in [7, 11) is 0. The van der Waals surface area contributed by atoms with Crippen LogP contribution in [0.5, 0.6) is 5.75 Å². The average molecular weight is 722 g/mol. The summed E-state index contributed by atoms with van der Waals surface area (Å²) in [6.07, 6.45) is 4.18. The zero-order chi connectivity index (χ0) is 34.7. The Labute approximate surface area is 299 Å². The SMILES string of the molecule is CCC(O)Cn1ncn(-c2ccc(N3CCN(c4ccc(OCC5COC(Cn6cncn6)(c6ccc(Cl)cc6Cl)O5)cc4)CC3)cc2)c1=O. The molecular weight excluding hydrogens is 683 g/mol. The first kappa shape index (κ1) is 34.1. The number of benzene rings is 3. The van der Waals surface area contributed by atoms with E-state index in [-0.39, 0.29) is 24.9 Å². The molecule has 1 N–H and O–H groups in total. The van der Waals surface area contributed by atoms with Crippen molar-refractivity contribution in [2.45, 2.75) is 44.4 Å². The molecule has 4 heterocycles. The number of hydrogen-bond acceptors (Lipinski definition) is 10. The van der Waals surface area contributed by atoms with Gasteiger partial charge in [-0.2, -0.15) is 10.2 Å². The summed E-state index contributed by atoms with van der Waals surface area (Å²) < 4.78 is 23.3. The quantitative estimate of drug-likeness (QED) is 0.199. The summed E-state index contributed by atoms with van der Waals surface area (Å²) >= 11 is 12.7. The number of piperazine rings is 1. The Morgan fingerprint density at radius 1 is 0.940 bits per heavy atom. The van der Waals surface area contributed by atoms with Gasteiger partial charge in [-0.1, -0.05) is 36.2 Å². The Morgan fingerprint density at radius 3 is 2.26 bits per heavy atom. The molecule has 50 heavy (non-hydrogen) atoms. The summed E-state index contributed by atoms with van der Waals surface area (Å²) in [5.74, 6) is -0.430. The van der Waals surface area contributed by atoms with Crippen molar-refractivity contribution in [2.24, 2.45) is 0 Å². The third kappa shape index (κ3) is 7.37. The first-order valence-electron chi connectivity index (χ1n) is 16.6. The van der Waals surface area contributed by atoms with Crippen molar-refractivity contribution in [3.63, 3.8) is 0 Å². The molecule has 3 unspecified atom stereocenters. The van der Waals surface area contributed by atoms with Gasteiger partial charge in [0.15, 0.2) is 0 Å². The lowest BCUT2D eigenvalue weighted by atomic mass is 10.1. The molecule has 0 aliphatic carbocycles. The van der Waals surface area contributed by atoms with Crippen molar-refractivity contribution in [2.75, 3.05) is 49.2 Å². The summed E-state index contributed by atoms with van der Waals surface area (Å²) in [5, 5.41) is 19.3. The van der Waals surface area contributed by atoms with Gasteiger partial charge in [-0.05, 0) is 67.1 Å². The maximum absolute atomic E-state index is 12.7. The Hall–Kier alpha value is -4.40. The van der Waals surface area contributed by atoms with E-state index in [0.717, 1.165) is 49.0 Å². The van der Waals surface area contributed by atoms with Gasteiger partial charge in [-0.3, -0.25) is 0 Å². The van der Waals surface area contributed by atoms with E-state index in [2.05, 4.69) is 37.1 Å². The summed E-state index contributed by atoms with van der Waals surface area (Å²) in [5.41, 5.74) is 3.36. The lowest BCUT2D eigenvalue weighted by Gasteiger charge is -2.37. The van der Waals surface area contributed by atoms with Crippen molar-refractivity contribution in [3.8, 4) is 11.4 Å². The van der Waals surface area contributed by atoms with E-state index < -0.39 is 11.9 Å². The molecule has 13 nitrogen and oxygen atoms in total. The third-order valence-electron chi connectivity index (χ3n) is 9.04. The number of aliphatic hydroxyl groups excluding tert-OH is 1. The van der Waals surface area contributed by atoms with Crippen LogP contribution >= 0.6 is 23.2 Å². The number of ether oxygens (including phenoxy) is 3. The van der Waals surface area contributed by atoms with Gasteiger partial charge in [-0.25, -0.2) is 23.7 Å². The fourth-order valence-electron chi connectivity index (χ4n) is 6.24. The topological polar surface area (TPSA) is 125 Å². The van der Waals surface area contributed by atoms with Gasteiger partial charge in [-0.15, -0.1) is 0 Å². The van der Waals surface area contributed by atoms with E-state index in [0.29, 0.717) is 35.2 Å². The maximum atomic E-state index is 12.7. The molecule has 3 atom stereocenters. The smallest absolute Gasteiger partial charge is 0.350 e. The molecule has 7 rings (SSSR count). The van der Waals surface area contributed by atoms with E-state index >= 15 is 0 Å². The van der Waals surface area contributed by atoms with Crippen LogP contribution in [0.1, 0.15) is 18.9 Å². The van der Waals surface area contributed by atoms with Crippen molar-refractivity contribution in [1.29, 1.82) is 0 Å². The number of anilines is 2. The molecule has 2 aliphatic rings. The van der Waals surface area contributed by atoms with Gasteiger partial charge in [0.25, 0.3) is 0 Å². The van der Waals surface area contributed by atoms with Gasteiger partial charge in [0.2, 0.25) is 5.79 Å². The molecule has 2 saturated heterocycles. The molecular formula is C35H38Cl2N8O5. The second-order valence-corrected chi connectivity index (χ2v) is 13.2. The lowest BCUT2D eigenvalue weighted by molar-refractivity contribution is -0.190. The largest absolute Gasteiger partial charge is 0.491 e.